The average Bonchev–Trinajstić information content (AvgIpc) is 2.49. The molecular weight excluding hydrogens is 340 g/mol. The van der Waals surface area contributed by atoms with Crippen LogP contribution >= 0.6 is 0 Å². The first-order valence-corrected chi connectivity index (χ1v) is 5.70. The monoisotopic (exact) mass is 352 g/mol. The summed E-state index contributed by atoms with van der Waals surface area (Å²) < 4.78 is 9.24. The van der Waals surface area contributed by atoms with Gasteiger partial charge in [0.1, 0.15) is 0 Å². The molecule has 0 atom stereocenters. The van der Waals surface area contributed by atoms with Crippen LogP contribution in [0.3, 0.4) is 0 Å². The van der Waals surface area contributed by atoms with E-state index in [1.807, 2.05) is 0 Å². The van der Waals surface area contributed by atoms with Crippen LogP contribution in [0.25, 0.3) is 0 Å². The first kappa shape index (κ1) is 22.9. The molecule has 11 heteroatoms. The third-order valence-corrected chi connectivity index (χ3v) is 2.40. The Balaban J connectivity index is 0.00000220. The fourth-order valence-corrected chi connectivity index (χ4v) is 1.40. The van der Waals surface area contributed by atoms with Crippen LogP contribution in [0.1, 0.15) is 0 Å². The van der Waals surface area contributed by atoms with Gasteiger partial charge in [0, 0.05) is 24.8 Å². The molecule has 0 fully saturated rings. The van der Waals surface area contributed by atoms with Crippen molar-refractivity contribution in [2.45, 2.75) is 0 Å². The van der Waals surface area contributed by atoms with Gasteiger partial charge in [-0.3, -0.25) is 9.97 Å². The van der Waals surface area contributed by atoms with E-state index in [0.717, 1.165) is 0 Å². The van der Waals surface area contributed by atoms with E-state index in [1.165, 1.54) is 49.1 Å². The number of nitrogens with zero attached hydrogens (tertiary/aromatic N) is 2. The van der Waals surface area contributed by atoms with Crippen LogP contribution in [-0.2, 0) is 9.31 Å². The third-order valence-electron chi connectivity index (χ3n) is 2.40. The third kappa shape index (κ3) is 7.64. The summed E-state index contributed by atoms with van der Waals surface area (Å²) in [4.78, 5) is 18.9. The molecule has 22 heavy (non-hydrogen) atoms. The molecule has 2 N–H and O–H groups in total. The standard InChI is InChI=1S/C11H10B2N2O5.2K.2H/c16-11(19-12(17)9-1-5-14-6-2-9)20-13(18)10-3-7-15-8-4-10;;;;/h1-8,17-18H;;;;. The van der Waals surface area contributed by atoms with Crippen molar-refractivity contribution in [2.75, 3.05) is 0 Å². The quantitative estimate of drug-likeness (QED) is 0.583. The molecule has 0 saturated heterocycles. The van der Waals surface area contributed by atoms with Crippen molar-refractivity contribution in [1.82, 2.24) is 9.97 Å². The van der Waals surface area contributed by atoms with Crippen molar-refractivity contribution in [3.63, 3.8) is 0 Å². The Morgan fingerprint density at radius 3 is 1.45 bits per heavy atom. The number of pyridine rings is 2. The van der Waals surface area contributed by atoms with Gasteiger partial charge in [-0.25, -0.2) is 4.79 Å². The molecule has 7 nitrogen and oxygen atoms in total. The Hall–Kier alpha value is 0.893. The molecule has 0 saturated carbocycles. The second kappa shape index (κ2) is 12.3. The summed E-state index contributed by atoms with van der Waals surface area (Å²) in [6, 6.07) is 5.93. The zero-order chi connectivity index (χ0) is 14.4. The van der Waals surface area contributed by atoms with Gasteiger partial charge in [0.2, 0.25) is 0 Å². The van der Waals surface area contributed by atoms with Gasteiger partial charge in [-0.15, -0.1) is 0 Å². The summed E-state index contributed by atoms with van der Waals surface area (Å²) in [6.07, 6.45) is 4.58. The fourth-order valence-electron chi connectivity index (χ4n) is 1.40. The fraction of sp³-hybridized carbons (Fsp3) is 0. The zero-order valence-electron chi connectivity index (χ0n) is 10.3. The van der Waals surface area contributed by atoms with Gasteiger partial charge in [-0.05, 0) is 35.2 Å². The number of hydrogen-bond donors (Lipinski definition) is 2. The molecule has 0 amide bonds. The molecule has 0 aliphatic carbocycles. The predicted molar refractivity (Wildman–Crippen MR) is 85.6 cm³/mol. The normalized spacial score (nSPS) is 8.82. The number of carbonyl (C=O) groups is 1. The van der Waals surface area contributed by atoms with Crippen LogP contribution in [0, 0.1) is 0 Å². The summed E-state index contributed by atoms with van der Waals surface area (Å²) in [5.41, 5.74) is 0.686. The number of rotatable bonds is 4. The summed E-state index contributed by atoms with van der Waals surface area (Å²) in [6.45, 7) is 0. The summed E-state index contributed by atoms with van der Waals surface area (Å²) in [5.74, 6) is 0. The molecule has 0 spiro atoms. The molecule has 0 aliphatic rings. The topological polar surface area (TPSA) is 102 Å². The van der Waals surface area contributed by atoms with Crippen molar-refractivity contribution in [3.05, 3.63) is 49.1 Å². The average molecular weight is 352 g/mol. The summed E-state index contributed by atoms with van der Waals surface area (Å²) >= 11 is 0. The van der Waals surface area contributed by atoms with E-state index in [1.54, 1.807) is 0 Å². The van der Waals surface area contributed by atoms with E-state index in [4.69, 9.17) is 0 Å². The van der Waals surface area contributed by atoms with Gasteiger partial charge in [0.05, 0.1) is 0 Å². The molecule has 0 bridgehead atoms. The molecule has 2 rings (SSSR count). The predicted octanol–water partition coefficient (Wildman–Crippen LogP) is -2.59. The van der Waals surface area contributed by atoms with Crippen LogP contribution in [0.5, 0.6) is 0 Å². The molecule has 0 aliphatic heterocycles. The van der Waals surface area contributed by atoms with Crippen molar-refractivity contribution < 1.29 is 24.2 Å². The van der Waals surface area contributed by atoms with Crippen molar-refractivity contribution in [2.24, 2.45) is 0 Å². The van der Waals surface area contributed by atoms with Crippen LogP contribution in [0.15, 0.2) is 49.1 Å². The molecule has 2 heterocycles. The van der Waals surface area contributed by atoms with Gasteiger partial charge in [0.15, 0.2) is 0 Å². The van der Waals surface area contributed by atoms with Gasteiger partial charge in [-0.1, -0.05) is 0 Å². The first-order valence-electron chi connectivity index (χ1n) is 5.70. The van der Waals surface area contributed by atoms with Crippen molar-refractivity contribution in [3.8, 4) is 0 Å². The van der Waals surface area contributed by atoms with Gasteiger partial charge < -0.3 is 19.4 Å². The number of hydrogen-bond acceptors (Lipinski definition) is 7. The summed E-state index contributed by atoms with van der Waals surface area (Å²) in [7, 11) is -2.98. The molecular formula is C11H12B2K2N2O5. The van der Waals surface area contributed by atoms with Gasteiger partial charge in [-0.2, -0.15) is 0 Å². The van der Waals surface area contributed by atoms with Crippen LogP contribution in [0.4, 0.5) is 4.79 Å². The zero-order valence-corrected chi connectivity index (χ0v) is 10.3. The molecule has 104 valence electrons. The van der Waals surface area contributed by atoms with Gasteiger partial charge in [0.25, 0.3) is 0 Å². The van der Waals surface area contributed by atoms with Crippen molar-refractivity contribution in [1.29, 1.82) is 0 Å². The SMILES string of the molecule is O=C(OB(O)c1ccncc1)OB(O)c1ccncc1.[KH].[KH]. The Morgan fingerprint density at radius 2 is 1.14 bits per heavy atom. The summed E-state index contributed by atoms with van der Waals surface area (Å²) in [5, 5.41) is 19.3. The Morgan fingerprint density at radius 1 is 0.818 bits per heavy atom. The molecule has 2 aromatic heterocycles. The maximum absolute atomic E-state index is 11.4. The minimum absolute atomic E-state index is 0. The minimum atomic E-state index is -1.49. The molecule has 0 unspecified atom stereocenters. The molecule has 2 aromatic rings. The second-order valence-corrected chi connectivity index (χ2v) is 3.75. The van der Waals surface area contributed by atoms with Crippen LogP contribution < -0.4 is 10.9 Å². The Kier molecular flexibility index (Phi) is 12.8. The molecule has 0 aromatic carbocycles. The number of aromatic nitrogens is 2. The van der Waals surface area contributed by atoms with E-state index in [2.05, 4.69) is 19.3 Å². The maximum atomic E-state index is 11.4. The van der Waals surface area contributed by atoms with E-state index < -0.39 is 20.4 Å². The van der Waals surface area contributed by atoms with Crippen molar-refractivity contribution >= 4 is 134 Å². The Labute approximate surface area is 213 Å². The van der Waals surface area contributed by atoms with E-state index in [-0.39, 0.29) is 103 Å². The van der Waals surface area contributed by atoms with Crippen LogP contribution in [0.2, 0.25) is 0 Å². The van der Waals surface area contributed by atoms with E-state index in [9.17, 15) is 14.8 Å². The van der Waals surface area contributed by atoms with Crippen LogP contribution in [-0.4, -0.2) is 143 Å². The Bertz CT molecular complexity index is 517. The second-order valence-electron chi connectivity index (χ2n) is 3.75. The first-order chi connectivity index (χ1) is 9.66. The van der Waals surface area contributed by atoms with E-state index in [0.29, 0.717) is 10.9 Å². The number of carbonyl (C=O) groups excluding carboxylic acids is 1. The van der Waals surface area contributed by atoms with E-state index >= 15 is 0 Å². The van der Waals surface area contributed by atoms with Gasteiger partial charge >= 0.3 is 123 Å². The molecule has 0 radical (unpaired) electrons.